The number of amides is 2. The molecule has 0 radical (unpaired) electrons. The number of ether oxygens (including phenoxy) is 2. The summed E-state index contributed by atoms with van der Waals surface area (Å²) in [5.41, 5.74) is 4.01. The predicted octanol–water partition coefficient (Wildman–Crippen LogP) is 6.64. The van der Waals surface area contributed by atoms with E-state index in [0.717, 1.165) is 11.1 Å². The first-order chi connectivity index (χ1) is 17.7. The van der Waals surface area contributed by atoms with Crippen LogP contribution < -0.4 is 20.1 Å². The smallest absolute Gasteiger partial charge is 0.264 e. The number of hydrogen-bond donors (Lipinski definition) is 2. The molecule has 2 amide bonds. The van der Waals surface area contributed by atoms with Gasteiger partial charge in [0.05, 0.1) is 17.7 Å². The van der Waals surface area contributed by atoms with Gasteiger partial charge in [-0.25, -0.2) is 4.99 Å². The van der Waals surface area contributed by atoms with Gasteiger partial charge in [-0.05, 0) is 79.2 Å². The molecular weight excluding hydrogens is 578 g/mol. The largest absolute Gasteiger partial charge is 0.493 e. The summed E-state index contributed by atoms with van der Waals surface area (Å²) in [5, 5.41) is 6.65. The van der Waals surface area contributed by atoms with Crippen molar-refractivity contribution in [3.63, 3.8) is 0 Å². The number of rotatable bonds is 7. The van der Waals surface area contributed by atoms with Gasteiger partial charge in [-0.3, -0.25) is 9.59 Å². The molecule has 0 spiro atoms. The fourth-order valence-electron chi connectivity index (χ4n) is 3.36. The Kier molecular flexibility index (Phi) is 8.58. The monoisotopic (exact) mass is 599 g/mol. The van der Waals surface area contributed by atoms with E-state index in [1.54, 1.807) is 24.3 Å². The van der Waals surface area contributed by atoms with Crippen LogP contribution in [0.25, 0.3) is 6.08 Å². The number of methoxy groups -OCH3 is 1. The number of carbonyl (C=O) groups is 2. The molecule has 0 atom stereocenters. The van der Waals surface area contributed by atoms with E-state index in [1.165, 1.54) is 18.9 Å². The minimum Gasteiger partial charge on any atom is -0.493 e. The minimum atomic E-state index is -0.297. The van der Waals surface area contributed by atoms with Crippen molar-refractivity contribution in [2.75, 3.05) is 19.0 Å². The average Bonchev–Trinajstić information content (AvgIpc) is 3.21. The second kappa shape index (κ2) is 11.9. The van der Waals surface area contributed by atoms with E-state index >= 15 is 0 Å². The van der Waals surface area contributed by atoms with Gasteiger partial charge < -0.3 is 20.1 Å². The van der Waals surface area contributed by atoms with Crippen LogP contribution in [-0.4, -0.2) is 30.7 Å². The Morgan fingerprint density at radius 3 is 2.65 bits per heavy atom. The summed E-state index contributed by atoms with van der Waals surface area (Å²) in [6, 6.07) is 16.4. The zero-order valence-corrected chi connectivity index (χ0v) is 23.4. The minimum absolute atomic E-state index is 0.196. The van der Waals surface area contributed by atoms with Crippen molar-refractivity contribution in [3.05, 3.63) is 85.7 Å². The number of hydrogen-bond acceptors (Lipinski definition) is 6. The van der Waals surface area contributed by atoms with Gasteiger partial charge in [-0.2, -0.15) is 0 Å². The summed E-state index contributed by atoms with van der Waals surface area (Å²) in [5.74, 6) is 0.249. The number of aryl methyl sites for hydroxylation is 1. The number of halogens is 2. The average molecular weight is 601 g/mol. The Morgan fingerprint density at radius 2 is 1.92 bits per heavy atom. The second-order valence-electron chi connectivity index (χ2n) is 8.09. The predicted molar refractivity (Wildman–Crippen MR) is 153 cm³/mol. The van der Waals surface area contributed by atoms with Gasteiger partial charge in [-0.1, -0.05) is 51.3 Å². The summed E-state index contributed by atoms with van der Waals surface area (Å²) >= 11 is 10.9. The lowest BCUT2D eigenvalue weighted by molar-refractivity contribution is -0.118. The van der Waals surface area contributed by atoms with E-state index in [2.05, 4.69) is 31.6 Å². The highest BCUT2D eigenvalue weighted by Crippen LogP contribution is 2.37. The van der Waals surface area contributed by atoms with Crippen molar-refractivity contribution in [2.45, 2.75) is 13.8 Å². The van der Waals surface area contributed by atoms with Crippen LogP contribution in [0.3, 0.4) is 0 Å². The zero-order chi connectivity index (χ0) is 26.5. The Bertz CT molecular complexity index is 1420. The van der Waals surface area contributed by atoms with Gasteiger partial charge in [0, 0.05) is 15.2 Å². The van der Waals surface area contributed by atoms with Gasteiger partial charge in [-0.15, -0.1) is 0 Å². The summed E-state index contributed by atoms with van der Waals surface area (Å²) in [7, 11) is 1.51. The van der Waals surface area contributed by atoms with Gasteiger partial charge in [0.15, 0.2) is 23.3 Å². The molecule has 4 rings (SSSR count). The van der Waals surface area contributed by atoms with Crippen LogP contribution in [0.4, 0.5) is 11.4 Å². The maximum absolute atomic E-state index is 12.6. The molecule has 3 aromatic rings. The molecule has 2 N–H and O–H groups in total. The quantitative estimate of drug-likeness (QED) is 0.297. The standard InChI is InChI=1S/C27H23BrClN3O4S/c1-15-7-9-18(10-8-15)30-25(33)14-36-23-13-19(28)17(11-22(23)35-3)12-24-26(34)32-27(37-24)31-21-6-4-5-20(29)16(21)2/h4-13H,14H2,1-3H3,(H,30,33)(H,31,32,34)/b24-12+. The topological polar surface area (TPSA) is 89.0 Å². The highest BCUT2D eigenvalue weighted by Gasteiger charge is 2.25. The fourth-order valence-corrected chi connectivity index (χ4v) is 4.79. The van der Waals surface area contributed by atoms with Crippen LogP contribution in [0.2, 0.25) is 5.02 Å². The summed E-state index contributed by atoms with van der Waals surface area (Å²) in [6.07, 6.45) is 1.73. The Hall–Kier alpha value is -3.27. The molecule has 190 valence electrons. The van der Waals surface area contributed by atoms with Crippen LogP contribution >= 0.6 is 39.3 Å². The lowest BCUT2D eigenvalue weighted by atomic mass is 10.2. The number of nitrogens with zero attached hydrogens (tertiary/aromatic N) is 1. The third kappa shape index (κ3) is 6.74. The number of carbonyl (C=O) groups excluding carboxylic acids is 2. The SMILES string of the molecule is COc1cc(/C=C2/SC(=Nc3cccc(Cl)c3C)NC2=O)c(Br)cc1OCC(=O)Nc1ccc(C)cc1. The molecule has 1 aliphatic rings. The first-order valence-electron chi connectivity index (χ1n) is 11.1. The van der Waals surface area contributed by atoms with Gasteiger partial charge in [0.25, 0.3) is 11.8 Å². The normalized spacial score (nSPS) is 15.1. The molecule has 7 nitrogen and oxygen atoms in total. The summed E-state index contributed by atoms with van der Waals surface area (Å²) in [6.45, 7) is 3.65. The van der Waals surface area contributed by atoms with E-state index in [-0.39, 0.29) is 18.4 Å². The molecule has 10 heteroatoms. The van der Waals surface area contributed by atoms with Gasteiger partial charge in [0.1, 0.15) is 0 Å². The van der Waals surface area contributed by atoms with Crippen molar-refractivity contribution in [3.8, 4) is 11.5 Å². The van der Waals surface area contributed by atoms with E-state index in [1.807, 2.05) is 50.2 Å². The van der Waals surface area contributed by atoms with Crippen molar-refractivity contribution < 1.29 is 19.1 Å². The third-order valence-electron chi connectivity index (χ3n) is 5.38. The number of benzene rings is 3. The van der Waals surface area contributed by atoms with Crippen LogP contribution in [0, 0.1) is 13.8 Å². The van der Waals surface area contributed by atoms with E-state index in [4.69, 9.17) is 21.1 Å². The molecule has 3 aromatic carbocycles. The molecule has 0 saturated carbocycles. The van der Waals surface area contributed by atoms with Crippen molar-refractivity contribution in [1.82, 2.24) is 5.32 Å². The maximum Gasteiger partial charge on any atom is 0.264 e. The van der Waals surface area contributed by atoms with E-state index < -0.39 is 0 Å². The van der Waals surface area contributed by atoms with Crippen molar-refractivity contribution in [2.24, 2.45) is 4.99 Å². The molecule has 1 fully saturated rings. The lowest BCUT2D eigenvalue weighted by Gasteiger charge is -2.13. The van der Waals surface area contributed by atoms with Crippen LogP contribution in [-0.2, 0) is 9.59 Å². The fraction of sp³-hybridized carbons (Fsp3) is 0.148. The molecule has 1 aliphatic heterocycles. The number of aliphatic imine (C=N–C) groups is 1. The van der Waals surface area contributed by atoms with E-state index in [9.17, 15) is 9.59 Å². The molecule has 0 bridgehead atoms. The molecule has 0 unspecified atom stereocenters. The number of nitrogens with one attached hydrogen (secondary N) is 2. The first kappa shape index (κ1) is 26.8. The van der Waals surface area contributed by atoms with E-state index in [0.29, 0.717) is 48.0 Å². The Labute approximate surface area is 232 Å². The lowest BCUT2D eigenvalue weighted by Crippen LogP contribution is -2.20. The summed E-state index contributed by atoms with van der Waals surface area (Å²) < 4.78 is 11.9. The molecule has 0 aliphatic carbocycles. The van der Waals surface area contributed by atoms with Crippen molar-refractivity contribution >= 4 is 73.7 Å². The number of anilines is 1. The van der Waals surface area contributed by atoms with Gasteiger partial charge in [0.2, 0.25) is 0 Å². The zero-order valence-electron chi connectivity index (χ0n) is 20.2. The van der Waals surface area contributed by atoms with Crippen LogP contribution in [0.1, 0.15) is 16.7 Å². The number of thioether (sulfide) groups is 1. The third-order valence-corrected chi connectivity index (χ3v) is 7.38. The Morgan fingerprint density at radius 1 is 1.16 bits per heavy atom. The second-order valence-corrected chi connectivity index (χ2v) is 10.4. The molecule has 1 heterocycles. The van der Waals surface area contributed by atoms with Crippen molar-refractivity contribution in [1.29, 1.82) is 0 Å². The highest BCUT2D eigenvalue weighted by atomic mass is 79.9. The first-order valence-corrected chi connectivity index (χ1v) is 13.1. The number of amidine groups is 1. The Balaban J connectivity index is 1.48. The molecule has 1 saturated heterocycles. The van der Waals surface area contributed by atoms with Crippen LogP contribution in [0.5, 0.6) is 11.5 Å². The highest BCUT2D eigenvalue weighted by molar-refractivity contribution is 9.10. The molecule has 37 heavy (non-hydrogen) atoms. The maximum atomic E-state index is 12.6. The molecular formula is C27H23BrClN3O4S. The molecule has 0 aromatic heterocycles. The van der Waals surface area contributed by atoms with Gasteiger partial charge >= 0.3 is 0 Å². The summed E-state index contributed by atoms with van der Waals surface area (Å²) in [4.78, 5) is 29.9. The van der Waals surface area contributed by atoms with Crippen LogP contribution in [0.15, 0.2) is 69.0 Å².